The van der Waals surface area contributed by atoms with Crippen LogP contribution in [0.1, 0.15) is 5.69 Å². The molecule has 0 atom stereocenters. The summed E-state index contributed by atoms with van der Waals surface area (Å²) in [5, 5.41) is 11.1. The third-order valence-electron chi connectivity index (χ3n) is 2.10. The van der Waals surface area contributed by atoms with Crippen molar-refractivity contribution in [1.29, 1.82) is 0 Å². The van der Waals surface area contributed by atoms with E-state index >= 15 is 0 Å². The summed E-state index contributed by atoms with van der Waals surface area (Å²) >= 11 is 11.8. The summed E-state index contributed by atoms with van der Waals surface area (Å²) in [5.41, 5.74) is 1.23. The maximum absolute atomic E-state index is 13.0. The molecule has 2 aromatic rings. The van der Waals surface area contributed by atoms with Crippen LogP contribution >= 0.6 is 23.2 Å². The molecule has 1 N–H and O–H groups in total. The van der Waals surface area contributed by atoms with Crippen LogP contribution < -0.4 is 5.32 Å². The second-order valence-corrected chi connectivity index (χ2v) is 4.30. The molecule has 0 bridgehead atoms. The topological polar surface area (TPSA) is 42.7 Å². The third kappa shape index (κ3) is 2.87. The number of anilines is 1. The van der Waals surface area contributed by atoms with Crippen molar-refractivity contribution in [3.8, 4) is 0 Å². The van der Waals surface area contributed by atoms with Gasteiger partial charge in [0.05, 0.1) is 22.3 Å². The van der Waals surface area contributed by atoms with Gasteiger partial charge in [-0.3, -0.25) is 4.68 Å². The van der Waals surface area contributed by atoms with E-state index in [0.717, 1.165) is 5.69 Å². The molecule has 90 valence electrons. The van der Waals surface area contributed by atoms with Gasteiger partial charge in [0.1, 0.15) is 11.5 Å². The van der Waals surface area contributed by atoms with E-state index in [-0.39, 0.29) is 10.0 Å². The highest BCUT2D eigenvalue weighted by Crippen LogP contribution is 2.31. The van der Waals surface area contributed by atoms with Gasteiger partial charge in [-0.2, -0.15) is 0 Å². The average molecular weight is 275 g/mol. The summed E-state index contributed by atoms with van der Waals surface area (Å²) in [6, 6.07) is 2.40. The van der Waals surface area contributed by atoms with E-state index in [9.17, 15) is 4.39 Å². The van der Waals surface area contributed by atoms with Crippen molar-refractivity contribution in [3.05, 3.63) is 39.9 Å². The van der Waals surface area contributed by atoms with Crippen molar-refractivity contribution in [2.24, 2.45) is 7.05 Å². The van der Waals surface area contributed by atoms with E-state index < -0.39 is 5.82 Å². The first-order chi connectivity index (χ1) is 8.06. The summed E-state index contributed by atoms with van der Waals surface area (Å²) in [5.74, 6) is -0.468. The van der Waals surface area contributed by atoms with E-state index in [2.05, 4.69) is 15.6 Å². The van der Waals surface area contributed by atoms with Gasteiger partial charge >= 0.3 is 0 Å². The molecule has 0 aliphatic carbocycles. The van der Waals surface area contributed by atoms with Crippen LogP contribution in [0.4, 0.5) is 10.1 Å². The molecule has 0 fully saturated rings. The van der Waals surface area contributed by atoms with Gasteiger partial charge in [-0.25, -0.2) is 4.39 Å². The van der Waals surface area contributed by atoms with Crippen molar-refractivity contribution < 1.29 is 4.39 Å². The fourth-order valence-electron chi connectivity index (χ4n) is 1.37. The number of nitrogens with zero attached hydrogens (tertiary/aromatic N) is 3. The van der Waals surface area contributed by atoms with Crippen LogP contribution in [-0.2, 0) is 13.6 Å². The minimum atomic E-state index is -0.468. The predicted molar refractivity (Wildman–Crippen MR) is 64.7 cm³/mol. The highest BCUT2D eigenvalue weighted by atomic mass is 35.5. The van der Waals surface area contributed by atoms with Gasteiger partial charge in [-0.05, 0) is 12.1 Å². The second kappa shape index (κ2) is 4.89. The van der Waals surface area contributed by atoms with Gasteiger partial charge < -0.3 is 5.32 Å². The standard InChI is InChI=1S/C10H9Cl2FN4/c1-17-5-7(15-16-17)4-14-10-8(11)2-6(13)3-9(10)12/h2-3,5,14H,4H2,1H3. The summed E-state index contributed by atoms with van der Waals surface area (Å²) in [7, 11) is 1.77. The molecular formula is C10H9Cl2FN4. The SMILES string of the molecule is Cn1cc(CNc2c(Cl)cc(F)cc2Cl)nn1. The van der Waals surface area contributed by atoms with Crippen LogP contribution in [0.3, 0.4) is 0 Å². The molecular weight excluding hydrogens is 266 g/mol. The molecule has 1 aromatic carbocycles. The summed E-state index contributed by atoms with van der Waals surface area (Å²) < 4.78 is 14.5. The maximum Gasteiger partial charge on any atom is 0.126 e. The highest BCUT2D eigenvalue weighted by molar-refractivity contribution is 6.39. The predicted octanol–water partition coefficient (Wildman–Crippen LogP) is 2.87. The number of halogens is 3. The number of aromatic nitrogens is 3. The van der Waals surface area contributed by atoms with Crippen molar-refractivity contribution >= 4 is 28.9 Å². The van der Waals surface area contributed by atoms with Crippen LogP contribution in [0.2, 0.25) is 10.0 Å². The highest BCUT2D eigenvalue weighted by Gasteiger charge is 2.08. The zero-order valence-corrected chi connectivity index (χ0v) is 10.4. The Hall–Kier alpha value is -1.33. The Kier molecular flexibility index (Phi) is 3.49. The fourth-order valence-corrected chi connectivity index (χ4v) is 1.96. The van der Waals surface area contributed by atoms with Crippen LogP contribution in [0.25, 0.3) is 0 Å². The monoisotopic (exact) mass is 274 g/mol. The lowest BCUT2D eigenvalue weighted by Crippen LogP contribution is -2.01. The van der Waals surface area contributed by atoms with Gasteiger partial charge in [0.2, 0.25) is 0 Å². The number of nitrogens with one attached hydrogen (secondary N) is 1. The smallest absolute Gasteiger partial charge is 0.126 e. The molecule has 0 spiro atoms. The molecule has 1 heterocycles. The van der Waals surface area contributed by atoms with Gasteiger partial charge in [0.25, 0.3) is 0 Å². The molecule has 0 saturated heterocycles. The molecule has 0 saturated carbocycles. The van der Waals surface area contributed by atoms with E-state index in [1.165, 1.54) is 12.1 Å². The van der Waals surface area contributed by atoms with E-state index in [1.54, 1.807) is 17.9 Å². The minimum absolute atomic E-state index is 0.235. The normalized spacial score (nSPS) is 10.6. The molecule has 0 unspecified atom stereocenters. The van der Waals surface area contributed by atoms with Gasteiger partial charge in [0.15, 0.2) is 0 Å². The molecule has 17 heavy (non-hydrogen) atoms. The largest absolute Gasteiger partial charge is 0.377 e. The molecule has 4 nitrogen and oxygen atoms in total. The maximum atomic E-state index is 13.0. The second-order valence-electron chi connectivity index (χ2n) is 3.48. The molecule has 0 aliphatic heterocycles. The third-order valence-corrected chi connectivity index (χ3v) is 2.70. The zero-order chi connectivity index (χ0) is 12.4. The Morgan fingerprint density at radius 2 is 2.00 bits per heavy atom. The van der Waals surface area contributed by atoms with E-state index in [4.69, 9.17) is 23.2 Å². The quantitative estimate of drug-likeness (QED) is 0.936. The van der Waals surface area contributed by atoms with Gasteiger partial charge in [-0.1, -0.05) is 28.4 Å². The van der Waals surface area contributed by atoms with Crippen LogP contribution in [0.5, 0.6) is 0 Å². The van der Waals surface area contributed by atoms with E-state index in [0.29, 0.717) is 12.2 Å². The Morgan fingerprint density at radius 1 is 1.35 bits per heavy atom. The van der Waals surface area contributed by atoms with Crippen LogP contribution in [0, 0.1) is 5.82 Å². The summed E-state index contributed by atoms with van der Waals surface area (Å²) in [6.07, 6.45) is 1.76. The van der Waals surface area contributed by atoms with Crippen molar-refractivity contribution in [1.82, 2.24) is 15.0 Å². The first kappa shape index (κ1) is 12.1. The molecule has 2 rings (SSSR count). The van der Waals surface area contributed by atoms with E-state index in [1.807, 2.05) is 0 Å². The number of hydrogen-bond donors (Lipinski definition) is 1. The first-order valence-electron chi connectivity index (χ1n) is 4.80. The van der Waals surface area contributed by atoms with Crippen molar-refractivity contribution in [2.75, 3.05) is 5.32 Å². The fraction of sp³-hybridized carbons (Fsp3) is 0.200. The molecule has 0 aliphatic rings. The number of hydrogen-bond acceptors (Lipinski definition) is 3. The summed E-state index contributed by atoms with van der Waals surface area (Å²) in [4.78, 5) is 0. The molecule has 0 amide bonds. The summed E-state index contributed by atoms with van der Waals surface area (Å²) in [6.45, 7) is 0.416. The lowest BCUT2D eigenvalue weighted by molar-refractivity contribution is 0.628. The molecule has 7 heteroatoms. The number of aryl methyl sites for hydroxylation is 1. The van der Waals surface area contributed by atoms with Gasteiger partial charge in [0, 0.05) is 13.2 Å². The Balaban J connectivity index is 2.14. The zero-order valence-electron chi connectivity index (χ0n) is 8.91. The van der Waals surface area contributed by atoms with Crippen LogP contribution in [-0.4, -0.2) is 15.0 Å². The lowest BCUT2D eigenvalue weighted by Gasteiger charge is -2.08. The first-order valence-corrected chi connectivity index (χ1v) is 5.55. The van der Waals surface area contributed by atoms with Gasteiger partial charge in [-0.15, -0.1) is 5.10 Å². The Bertz CT molecular complexity index is 518. The number of benzene rings is 1. The Labute approximate surface area is 107 Å². The molecule has 1 aromatic heterocycles. The molecule has 0 radical (unpaired) electrons. The van der Waals surface area contributed by atoms with Crippen molar-refractivity contribution in [3.63, 3.8) is 0 Å². The lowest BCUT2D eigenvalue weighted by atomic mass is 10.3. The van der Waals surface area contributed by atoms with Crippen molar-refractivity contribution in [2.45, 2.75) is 6.54 Å². The minimum Gasteiger partial charge on any atom is -0.377 e. The number of rotatable bonds is 3. The average Bonchev–Trinajstić information content (AvgIpc) is 2.62. The van der Waals surface area contributed by atoms with Crippen LogP contribution in [0.15, 0.2) is 18.3 Å². The Morgan fingerprint density at radius 3 is 2.53 bits per heavy atom.